The zero-order valence-corrected chi connectivity index (χ0v) is 44.1. The highest BCUT2D eigenvalue weighted by atomic mass is 32.1. The summed E-state index contributed by atoms with van der Waals surface area (Å²) in [6.45, 7) is 2.03. The van der Waals surface area contributed by atoms with Gasteiger partial charge in [-0.15, -0.1) is 22.7 Å². The summed E-state index contributed by atoms with van der Waals surface area (Å²) >= 11 is 3.11. The second kappa shape index (κ2) is 21.9. The lowest BCUT2D eigenvalue weighted by atomic mass is 9.49. The first-order valence-electron chi connectivity index (χ1n) is 26.6. The Hall–Kier alpha value is -8.21. The SMILES string of the molecule is CCCCCOc1ccc(-c2c3/c(=C(\C#N)c4nc5ccccc5s4)n(B(c4ccccc4)c4ccccc4)c(C4CCCCC4)c3/c(=C(\C#N)c3nc4ccccc4s3)n2B(c2ccccc2)c2ccccc2)cc1. The molecule has 0 atom stereocenters. The Morgan fingerprint density at radius 1 is 0.539 bits per heavy atom. The topological polar surface area (TPSA) is 92.4 Å². The molecule has 11 heteroatoms. The van der Waals surface area contributed by atoms with Crippen molar-refractivity contribution in [1.82, 2.24) is 18.9 Å². The van der Waals surface area contributed by atoms with Gasteiger partial charge in [-0.1, -0.05) is 206 Å². The van der Waals surface area contributed by atoms with Crippen LogP contribution in [-0.4, -0.2) is 39.2 Å². The van der Waals surface area contributed by atoms with Crippen LogP contribution in [0.25, 0.3) is 53.6 Å². The van der Waals surface area contributed by atoms with E-state index >= 15 is 0 Å². The molecule has 0 radical (unpaired) electrons. The highest BCUT2D eigenvalue weighted by Crippen LogP contribution is 2.41. The normalized spacial score (nSPS) is 13.6. The van der Waals surface area contributed by atoms with Gasteiger partial charge in [-0.3, -0.25) is 0 Å². The number of nitrogens with zero attached hydrogens (tertiary/aromatic N) is 6. The first-order valence-corrected chi connectivity index (χ1v) is 28.3. The van der Waals surface area contributed by atoms with Gasteiger partial charge in [-0.2, -0.15) is 10.5 Å². The molecule has 1 fully saturated rings. The molecule has 11 aromatic rings. The third-order valence-corrected chi connectivity index (χ3v) is 17.1. The van der Waals surface area contributed by atoms with Crippen LogP contribution in [0, 0.1) is 22.7 Å². The molecule has 4 heterocycles. The molecule has 4 aromatic heterocycles. The van der Waals surface area contributed by atoms with Gasteiger partial charge in [0.2, 0.25) is 0 Å². The van der Waals surface area contributed by atoms with Crippen molar-refractivity contribution in [2.75, 3.05) is 6.61 Å². The Balaban J connectivity index is 1.38. The van der Waals surface area contributed by atoms with Gasteiger partial charge < -0.3 is 13.7 Å². The van der Waals surface area contributed by atoms with Crippen LogP contribution >= 0.6 is 22.7 Å². The highest BCUT2D eigenvalue weighted by molar-refractivity contribution is 7.20. The Morgan fingerprint density at radius 3 is 1.45 bits per heavy atom. The highest BCUT2D eigenvalue weighted by Gasteiger charge is 2.39. The zero-order chi connectivity index (χ0) is 51.4. The number of rotatable bonds is 15. The number of hydrogen-bond acceptors (Lipinski definition) is 7. The molecule has 368 valence electrons. The van der Waals surface area contributed by atoms with E-state index in [1.54, 1.807) is 22.7 Å². The Bertz CT molecular complexity index is 3820. The Kier molecular flexibility index (Phi) is 14.1. The molecule has 0 bridgehead atoms. The van der Waals surface area contributed by atoms with Gasteiger partial charge in [0.25, 0.3) is 0 Å². The monoisotopic (exact) mass is 1020 g/mol. The number of hydrogen-bond donors (Lipinski definition) is 0. The van der Waals surface area contributed by atoms with Gasteiger partial charge in [0.05, 0.1) is 37.7 Å². The van der Waals surface area contributed by atoms with E-state index in [4.69, 9.17) is 14.7 Å². The van der Waals surface area contributed by atoms with E-state index in [0.717, 1.165) is 138 Å². The number of nitriles is 2. The summed E-state index contributed by atoms with van der Waals surface area (Å²) in [5.41, 5.74) is 9.91. The minimum absolute atomic E-state index is 0.0683. The van der Waals surface area contributed by atoms with E-state index in [2.05, 4.69) is 186 Å². The van der Waals surface area contributed by atoms with Gasteiger partial charge in [0.1, 0.15) is 39.0 Å². The van der Waals surface area contributed by atoms with Crippen molar-refractivity contribution < 1.29 is 4.74 Å². The fourth-order valence-corrected chi connectivity index (χ4v) is 13.6. The minimum atomic E-state index is -0.435. The number of aromatic nitrogens is 4. The van der Waals surface area contributed by atoms with E-state index in [1.807, 2.05) is 36.4 Å². The molecule has 76 heavy (non-hydrogen) atoms. The maximum absolute atomic E-state index is 12.2. The molecule has 0 N–H and O–H groups in total. The summed E-state index contributed by atoms with van der Waals surface area (Å²) in [5.74, 6) is 0.863. The Morgan fingerprint density at radius 2 is 0.987 bits per heavy atom. The van der Waals surface area contributed by atoms with E-state index in [0.29, 0.717) is 27.8 Å². The predicted molar refractivity (Wildman–Crippen MR) is 318 cm³/mol. The maximum Gasteiger partial charge on any atom is 0.328 e. The summed E-state index contributed by atoms with van der Waals surface area (Å²) in [4.78, 5) is 10.7. The fraction of sp³-hybridized carbons (Fsp3) is 0.169. The number of fused-ring (bicyclic) bond motifs is 3. The van der Waals surface area contributed by atoms with Crippen molar-refractivity contribution in [3.05, 3.63) is 221 Å². The second-order valence-corrected chi connectivity index (χ2v) is 21.8. The predicted octanol–water partition coefficient (Wildman–Crippen LogP) is 11.7. The van der Waals surface area contributed by atoms with Gasteiger partial charge in [0, 0.05) is 22.2 Å². The van der Waals surface area contributed by atoms with Crippen LogP contribution in [0.1, 0.15) is 79.9 Å². The van der Waals surface area contributed by atoms with Gasteiger partial charge >= 0.3 is 13.7 Å². The van der Waals surface area contributed by atoms with Crippen molar-refractivity contribution in [1.29, 1.82) is 10.5 Å². The molecule has 0 unspecified atom stereocenters. The van der Waals surface area contributed by atoms with Gasteiger partial charge in [-0.25, -0.2) is 9.97 Å². The zero-order valence-electron chi connectivity index (χ0n) is 42.5. The van der Waals surface area contributed by atoms with Crippen LogP contribution < -0.4 is 37.3 Å². The summed E-state index contributed by atoms with van der Waals surface area (Å²) in [6, 6.07) is 73.4. The fourth-order valence-electron chi connectivity index (χ4n) is 11.6. The summed E-state index contributed by atoms with van der Waals surface area (Å²) < 4.78 is 13.4. The molecule has 1 aliphatic carbocycles. The lowest BCUT2D eigenvalue weighted by Gasteiger charge is -2.29. The molecule has 0 spiro atoms. The van der Waals surface area contributed by atoms with Crippen LogP contribution in [0.3, 0.4) is 0 Å². The number of unbranched alkanes of at least 4 members (excludes halogenated alkanes) is 2. The van der Waals surface area contributed by atoms with E-state index in [9.17, 15) is 10.5 Å². The third-order valence-electron chi connectivity index (χ3n) is 15.0. The number of thiazole rings is 2. The van der Waals surface area contributed by atoms with Crippen molar-refractivity contribution >= 4 is 101 Å². The molecular weight excluding hydrogens is 967 g/mol. The first-order chi connectivity index (χ1) is 37.6. The van der Waals surface area contributed by atoms with Crippen molar-refractivity contribution in [2.45, 2.75) is 64.2 Å². The molecule has 7 aromatic carbocycles. The smallest absolute Gasteiger partial charge is 0.328 e. The quantitative estimate of drug-likeness (QED) is 0.0753. The van der Waals surface area contributed by atoms with Crippen molar-refractivity contribution in [3.8, 4) is 29.1 Å². The van der Waals surface area contributed by atoms with Crippen molar-refractivity contribution in [3.63, 3.8) is 0 Å². The molecular formula is C65H54B2N6OS2. The lowest BCUT2D eigenvalue weighted by Crippen LogP contribution is -2.55. The largest absolute Gasteiger partial charge is 0.494 e. The second-order valence-electron chi connectivity index (χ2n) is 19.7. The molecule has 0 saturated heterocycles. The van der Waals surface area contributed by atoms with Crippen molar-refractivity contribution in [2.24, 2.45) is 0 Å². The molecule has 1 saturated carbocycles. The van der Waals surface area contributed by atoms with E-state index < -0.39 is 6.85 Å². The maximum atomic E-state index is 12.2. The molecule has 0 aliphatic heterocycles. The Labute approximate surface area is 452 Å². The average molecular weight is 1020 g/mol. The lowest BCUT2D eigenvalue weighted by molar-refractivity contribution is 0.306. The summed E-state index contributed by atoms with van der Waals surface area (Å²) in [6.07, 6.45) is 8.35. The minimum Gasteiger partial charge on any atom is -0.494 e. The number of benzene rings is 7. The standard InChI is InChI=1S/C65H54B2N6OS2/c1-2-3-23-42-74-51-40-38-46(39-41-51)61-59-58(62(52(43-68)64-70-54-34-19-21-36-56(54)75-64)73(61)67(49-30-15-7-16-31-49)50-32-17-8-18-33-50)60(45-24-9-4-10-25-45)72(66(47-26-11-5-12-27-47)48-28-13-6-14-29-48)63(59)53(44-69)65-71-55-35-20-22-37-57(55)76-65/h5-8,11-22,26-41,45H,2-4,9-10,23-25,42H2,1H3/b62-52-,63-53-. The van der Waals surface area contributed by atoms with Crippen LogP contribution in [0.15, 0.2) is 194 Å². The number of ether oxygens (including phenoxy) is 1. The first kappa shape index (κ1) is 48.7. The molecule has 1 aliphatic rings. The van der Waals surface area contributed by atoms with Gasteiger partial charge in [-0.05, 0) is 79.3 Å². The molecule has 7 nitrogen and oxygen atoms in total. The van der Waals surface area contributed by atoms with E-state index in [-0.39, 0.29) is 12.8 Å². The van der Waals surface area contributed by atoms with Crippen LogP contribution in [0.2, 0.25) is 0 Å². The van der Waals surface area contributed by atoms with Gasteiger partial charge in [0.15, 0.2) is 0 Å². The number of para-hydroxylation sites is 2. The summed E-state index contributed by atoms with van der Waals surface area (Å²) in [5, 5.41) is 29.2. The molecule has 0 amide bonds. The van der Waals surface area contributed by atoms with Crippen LogP contribution in [0.5, 0.6) is 5.75 Å². The molecule has 12 rings (SSSR count). The third kappa shape index (κ3) is 9.14. The van der Waals surface area contributed by atoms with E-state index in [1.165, 1.54) is 0 Å². The summed E-state index contributed by atoms with van der Waals surface area (Å²) in [7, 11) is 0. The van der Waals surface area contributed by atoms with Crippen LogP contribution in [0.4, 0.5) is 0 Å². The average Bonchev–Trinajstić information content (AvgIpc) is 4.46. The van der Waals surface area contributed by atoms with Crippen LogP contribution in [-0.2, 0) is 0 Å².